The molecule has 8 heteroatoms. The zero-order valence-electron chi connectivity index (χ0n) is 33.0. The van der Waals surface area contributed by atoms with Crippen molar-refractivity contribution in [1.82, 2.24) is 0 Å². The first-order chi connectivity index (χ1) is 24.6. The first kappa shape index (κ1) is 48.0. The van der Waals surface area contributed by atoms with E-state index in [0.717, 1.165) is 83.5 Å². The standard InChI is InChI=1S/C43H73NO7/c1-6-8-10-12-14-16-18-19-20-21-22-24-26-28-30-32-34-42(46)51-39(37-49-36-35-40(43(47)48)44(3,4)5)38-50-41(45)33-31-29-27-25-23-17-15-13-11-9-7-2/h8,10,13-17,19-20,23,39-40H,6-7,9,11-12,18,21-22,24-38H2,1-5H3/p+1/b10-8+,15-13+,16-14+,20-19+,23-17+. The van der Waals surface area contributed by atoms with Gasteiger partial charge in [0.2, 0.25) is 0 Å². The normalized spacial score (nSPS) is 13.7. The molecule has 0 aliphatic rings. The maximum absolute atomic E-state index is 12.7. The Labute approximate surface area is 311 Å². The Morgan fingerprint density at radius 3 is 1.76 bits per heavy atom. The number of unbranched alkanes of at least 4 members (excludes halogenated alkanes) is 11. The lowest BCUT2D eigenvalue weighted by atomic mass is 10.1. The molecule has 0 aliphatic heterocycles. The predicted octanol–water partition coefficient (Wildman–Crippen LogP) is 10.2. The average molecular weight is 717 g/mol. The molecular weight excluding hydrogens is 642 g/mol. The van der Waals surface area contributed by atoms with Crippen molar-refractivity contribution >= 4 is 17.9 Å². The molecule has 0 saturated carbocycles. The summed E-state index contributed by atoms with van der Waals surface area (Å²) in [5.41, 5.74) is 0. The SMILES string of the molecule is CC/C=C/C/C=C/C/C=C/CCCCCCCCC(=O)OC(COCCC(C(=O)O)[N+](C)(C)C)COC(=O)CCCCC/C=C/C=C/CCCC. The number of carboxylic acid groups (broad SMARTS) is 1. The maximum Gasteiger partial charge on any atom is 0.362 e. The number of hydrogen-bond donors (Lipinski definition) is 1. The van der Waals surface area contributed by atoms with Gasteiger partial charge in [-0.1, -0.05) is 120 Å². The van der Waals surface area contributed by atoms with E-state index in [1.807, 2.05) is 21.1 Å². The summed E-state index contributed by atoms with van der Waals surface area (Å²) in [4.78, 5) is 36.8. The summed E-state index contributed by atoms with van der Waals surface area (Å²) in [6.45, 7) is 4.50. The van der Waals surface area contributed by atoms with Gasteiger partial charge < -0.3 is 23.8 Å². The van der Waals surface area contributed by atoms with E-state index in [1.54, 1.807) is 0 Å². The van der Waals surface area contributed by atoms with Gasteiger partial charge in [-0.05, 0) is 64.2 Å². The van der Waals surface area contributed by atoms with Crippen LogP contribution in [-0.4, -0.2) is 80.6 Å². The zero-order chi connectivity index (χ0) is 37.8. The van der Waals surface area contributed by atoms with Crippen LogP contribution in [0.2, 0.25) is 0 Å². The second-order valence-electron chi connectivity index (χ2n) is 14.2. The molecule has 51 heavy (non-hydrogen) atoms. The van der Waals surface area contributed by atoms with E-state index in [2.05, 4.69) is 74.6 Å². The third-order valence-electron chi connectivity index (χ3n) is 8.43. The molecule has 292 valence electrons. The molecule has 2 unspecified atom stereocenters. The molecule has 0 radical (unpaired) electrons. The molecule has 0 aliphatic carbocycles. The van der Waals surface area contributed by atoms with Crippen molar-refractivity contribution in [3.8, 4) is 0 Å². The Balaban J connectivity index is 4.46. The fourth-order valence-electron chi connectivity index (χ4n) is 5.32. The van der Waals surface area contributed by atoms with Gasteiger partial charge in [-0.3, -0.25) is 9.59 Å². The van der Waals surface area contributed by atoms with E-state index in [1.165, 1.54) is 25.7 Å². The number of carbonyl (C=O) groups is 3. The van der Waals surface area contributed by atoms with Crippen LogP contribution in [0, 0.1) is 0 Å². The van der Waals surface area contributed by atoms with Gasteiger partial charge in [-0.2, -0.15) is 0 Å². The summed E-state index contributed by atoms with van der Waals surface area (Å²) in [5.74, 6) is -1.53. The van der Waals surface area contributed by atoms with Gasteiger partial charge in [0.05, 0.1) is 34.4 Å². The Morgan fingerprint density at radius 2 is 1.16 bits per heavy atom. The smallest absolute Gasteiger partial charge is 0.362 e. The summed E-state index contributed by atoms with van der Waals surface area (Å²) in [5, 5.41) is 9.59. The molecule has 1 N–H and O–H groups in total. The average Bonchev–Trinajstić information content (AvgIpc) is 3.08. The number of carbonyl (C=O) groups excluding carboxylic acids is 2. The van der Waals surface area contributed by atoms with E-state index >= 15 is 0 Å². The molecule has 0 bridgehead atoms. The van der Waals surface area contributed by atoms with E-state index in [0.29, 0.717) is 19.3 Å². The summed E-state index contributed by atoms with van der Waals surface area (Å²) in [7, 11) is 5.50. The second-order valence-corrected chi connectivity index (χ2v) is 14.2. The minimum atomic E-state index is -0.884. The number of nitrogens with zero attached hydrogens (tertiary/aromatic N) is 1. The highest BCUT2D eigenvalue weighted by atomic mass is 16.6. The highest BCUT2D eigenvalue weighted by Gasteiger charge is 2.31. The molecule has 0 fully saturated rings. The lowest BCUT2D eigenvalue weighted by Crippen LogP contribution is -2.50. The van der Waals surface area contributed by atoms with Crippen LogP contribution < -0.4 is 0 Å². The molecule has 0 amide bonds. The number of ether oxygens (including phenoxy) is 3. The third-order valence-corrected chi connectivity index (χ3v) is 8.43. The van der Waals surface area contributed by atoms with Crippen molar-refractivity contribution in [2.24, 2.45) is 0 Å². The number of hydrogen-bond acceptors (Lipinski definition) is 6. The first-order valence-corrected chi connectivity index (χ1v) is 19.8. The van der Waals surface area contributed by atoms with Crippen molar-refractivity contribution in [3.63, 3.8) is 0 Å². The summed E-state index contributed by atoms with van der Waals surface area (Å²) >= 11 is 0. The van der Waals surface area contributed by atoms with Crippen molar-refractivity contribution < 1.29 is 38.2 Å². The number of likely N-dealkylation sites (N-methyl/N-ethyl adjacent to an activating group) is 1. The van der Waals surface area contributed by atoms with Crippen molar-refractivity contribution in [2.45, 2.75) is 154 Å². The van der Waals surface area contributed by atoms with Gasteiger partial charge in [-0.15, -0.1) is 0 Å². The minimum Gasteiger partial charge on any atom is -0.477 e. The number of allylic oxidation sites excluding steroid dienone is 10. The molecular formula is C43H74NO7+. The molecule has 0 aromatic rings. The maximum atomic E-state index is 12.7. The van der Waals surface area contributed by atoms with E-state index in [-0.39, 0.29) is 36.2 Å². The van der Waals surface area contributed by atoms with Crippen molar-refractivity contribution in [3.05, 3.63) is 60.8 Å². The van der Waals surface area contributed by atoms with Gasteiger partial charge in [0, 0.05) is 19.3 Å². The van der Waals surface area contributed by atoms with Crippen LogP contribution in [0.15, 0.2) is 60.8 Å². The lowest BCUT2D eigenvalue weighted by Gasteiger charge is -2.31. The predicted molar refractivity (Wildman–Crippen MR) is 211 cm³/mol. The summed E-state index contributed by atoms with van der Waals surface area (Å²) in [6, 6.07) is -0.622. The Bertz CT molecular complexity index is 1020. The minimum absolute atomic E-state index is 0.0444. The van der Waals surface area contributed by atoms with Crippen LogP contribution in [0.25, 0.3) is 0 Å². The third kappa shape index (κ3) is 32.7. The highest BCUT2D eigenvalue weighted by Crippen LogP contribution is 2.12. The van der Waals surface area contributed by atoms with E-state index < -0.39 is 18.1 Å². The van der Waals surface area contributed by atoms with Crippen LogP contribution in [0.5, 0.6) is 0 Å². The van der Waals surface area contributed by atoms with Gasteiger partial charge in [-0.25, -0.2) is 4.79 Å². The molecule has 0 aromatic carbocycles. The van der Waals surface area contributed by atoms with Crippen LogP contribution in [0.1, 0.15) is 142 Å². The molecule has 0 saturated heterocycles. The van der Waals surface area contributed by atoms with Crippen LogP contribution >= 0.6 is 0 Å². The van der Waals surface area contributed by atoms with Gasteiger partial charge in [0.1, 0.15) is 6.61 Å². The molecule has 0 rings (SSSR count). The quantitative estimate of drug-likeness (QED) is 0.0233. The fraction of sp³-hybridized carbons (Fsp3) is 0.698. The van der Waals surface area contributed by atoms with Crippen molar-refractivity contribution in [2.75, 3.05) is 41.0 Å². The monoisotopic (exact) mass is 717 g/mol. The van der Waals surface area contributed by atoms with Crippen molar-refractivity contribution in [1.29, 1.82) is 0 Å². The first-order valence-electron chi connectivity index (χ1n) is 19.8. The van der Waals surface area contributed by atoms with E-state index in [9.17, 15) is 19.5 Å². The second kappa shape index (κ2) is 34.1. The molecule has 2 atom stereocenters. The Morgan fingerprint density at radius 1 is 0.627 bits per heavy atom. The number of esters is 2. The van der Waals surface area contributed by atoms with Gasteiger partial charge >= 0.3 is 17.9 Å². The molecule has 8 nitrogen and oxygen atoms in total. The largest absolute Gasteiger partial charge is 0.477 e. The lowest BCUT2D eigenvalue weighted by molar-refractivity contribution is -0.887. The Hall–Kier alpha value is -2.97. The van der Waals surface area contributed by atoms with E-state index in [4.69, 9.17) is 14.2 Å². The number of quaternary nitrogens is 1. The number of rotatable bonds is 34. The summed E-state index contributed by atoms with van der Waals surface area (Å²) < 4.78 is 17.2. The van der Waals surface area contributed by atoms with Gasteiger partial charge in [0.25, 0.3) is 0 Å². The van der Waals surface area contributed by atoms with Crippen LogP contribution in [0.4, 0.5) is 0 Å². The van der Waals surface area contributed by atoms with Gasteiger partial charge in [0.15, 0.2) is 12.1 Å². The topological polar surface area (TPSA) is 99.1 Å². The van der Waals surface area contributed by atoms with Crippen LogP contribution in [0.3, 0.4) is 0 Å². The van der Waals surface area contributed by atoms with Crippen LogP contribution in [-0.2, 0) is 28.6 Å². The molecule has 0 aromatic heterocycles. The Kier molecular flexibility index (Phi) is 32.1. The molecule has 0 heterocycles. The number of aliphatic carboxylic acids is 1. The zero-order valence-corrected chi connectivity index (χ0v) is 33.0. The number of carboxylic acids is 1. The molecule has 0 spiro atoms. The highest BCUT2D eigenvalue weighted by molar-refractivity contribution is 5.72. The summed E-state index contributed by atoms with van der Waals surface area (Å²) in [6.07, 6.45) is 39.8. The fourth-order valence-corrected chi connectivity index (χ4v) is 5.32.